The maximum atomic E-state index is 13.4. The van der Waals surface area contributed by atoms with Gasteiger partial charge in [0.15, 0.2) is 0 Å². The van der Waals surface area contributed by atoms with Crippen LogP contribution in [0.4, 0.5) is 5.69 Å². The first-order valence-corrected chi connectivity index (χ1v) is 9.89. The maximum Gasteiger partial charge on any atom is 0.282 e. The SMILES string of the molecule is CCN1CCN(C2=C(c3ccc(Cl)cc3)C(=O)N(c3ccccc3)C2=O)CC1. The molecule has 0 bridgehead atoms. The molecule has 0 aromatic heterocycles. The minimum absolute atomic E-state index is 0.258. The highest BCUT2D eigenvalue weighted by Gasteiger charge is 2.42. The number of likely N-dealkylation sites (N-methyl/N-ethyl adjacent to an activating group) is 1. The highest BCUT2D eigenvalue weighted by molar-refractivity contribution is 6.45. The number of hydrogen-bond acceptors (Lipinski definition) is 4. The Labute approximate surface area is 169 Å². The van der Waals surface area contributed by atoms with Gasteiger partial charge in [-0.25, -0.2) is 4.90 Å². The molecule has 2 aliphatic rings. The van der Waals surface area contributed by atoms with Crippen molar-refractivity contribution in [1.82, 2.24) is 9.80 Å². The summed E-state index contributed by atoms with van der Waals surface area (Å²) >= 11 is 6.03. The fourth-order valence-corrected chi connectivity index (χ4v) is 3.91. The number of para-hydroxylation sites is 1. The average molecular weight is 396 g/mol. The lowest BCUT2D eigenvalue weighted by molar-refractivity contribution is -0.120. The van der Waals surface area contributed by atoms with Gasteiger partial charge >= 0.3 is 0 Å². The number of hydrogen-bond donors (Lipinski definition) is 0. The van der Waals surface area contributed by atoms with Gasteiger partial charge in [0, 0.05) is 31.2 Å². The van der Waals surface area contributed by atoms with Gasteiger partial charge in [-0.1, -0.05) is 48.9 Å². The normalized spacial score (nSPS) is 18.4. The van der Waals surface area contributed by atoms with Crippen LogP contribution >= 0.6 is 11.6 Å². The molecule has 0 N–H and O–H groups in total. The van der Waals surface area contributed by atoms with E-state index in [1.54, 1.807) is 36.4 Å². The van der Waals surface area contributed by atoms with Crippen LogP contribution < -0.4 is 4.90 Å². The van der Waals surface area contributed by atoms with E-state index < -0.39 is 0 Å². The Bertz CT molecular complexity index is 917. The van der Waals surface area contributed by atoms with E-state index >= 15 is 0 Å². The van der Waals surface area contributed by atoms with E-state index in [4.69, 9.17) is 11.6 Å². The molecule has 1 fully saturated rings. The number of benzene rings is 2. The molecular weight excluding hydrogens is 374 g/mol. The van der Waals surface area contributed by atoms with Crippen LogP contribution in [0.2, 0.25) is 5.02 Å². The Morgan fingerprint density at radius 2 is 1.50 bits per heavy atom. The van der Waals surface area contributed by atoms with Crippen molar-refractivity contribution in [3.05, 3.63) is 70.9 Å². The average Bonchev–Trinajstić information content (AvgIpc) is 2.99. The molecule has 4 rings (SSSR count). The van der Waals surface area contributed by atoms with Crippen molar-refractivity contribution in [1.29, 1.82) is 0 Å². The first kappa shape index (κ1) is 18.7. The zero-order valence-corrected chi connectivity index (χ0v) is 16.5. The lowest BCUT2D eigenvalue weighted by Gasteiger charge is -2.36. The Kier molecular flexibility index (Phi) is 5.20. The van der Waals surface area contributed by atoms with E-state index in [2.05, 4.69) is 16.7 Å². The molecule has 6 heteroatoms. The van der Waals surface area contributed by atoms with Gasteiger partial charge in [-0.05, 0) is 36.4 Å². The third-order valence-electron chi connectivity index (χ3n) is 5.34. The van der Waals surface area contributed by atoms with Crippen molar-refractivity contribution in [3.8, 4) is 0 Å². The van der Waals surface area contributed by atoms with Crippen LogP contribution in [0.15, 0.2) is 60.3 Å². The monoisotopic (exact) mass is 395 g/mol. The van der Waals surface area contributed by atoms with E-state index in [-0.39, 0.29) is 11.8 Å². The van der Waals surface area contributed by atoms with Crippen LogP contribution in [-0.4, -0.2) is 54.3 Å². The molecule has 0 radical (unpaired) electrons. The Morgan fingerprint density at radius 1 is 0.857 bits per heavy atom. The molecule has 2 aliphatic heterocycles. The number of amides is 2. The lowest BCUT2D eigenvalue weighted by atomic mass is 10.0. The molecule has 2 aromatic rings. The zero-order chi connectivity index (χ0) is 19.7. The van der Waals surface area contributed by atoms with Gasteiger partial charge in [0.25, 0.3) is 11.8 Å². The number of anilines is 1. The summed E-state index contributed by atoms with van der Waals surface area (Å²) < 4.78 is 0. The first-order chi connectivity index (χ1) is 13.6. The third kappa shape index (κ3) is 3.32. The van der Waals surface area contributed by atoms with Gasteiger partial charge in [0.05, 0.1) is 11.3 Å². The number of imide groups is 1. The molecule has 0 saturated carbocycles. The van der Waals surface area contributed by atoms with Gasteiger partial charge < -0.3 is 9.80 Å². The molecule has 1 saturated heterocycles. The summed E-state index contributed by atoms with van der Waals surface area (Å²) in [5.74, 6) is -0.544. The highest BCUT2D eigenvalue weighted by Crippen LogP contribution is 2.35. The standard InChI is InChI=1S/C22H22ClN3O2/c1-2-24-12-14-25(15-13-24)20-19(16-8-10-17(23)11-9-16)21(27)26(22(20)28)18-6-4-3-5-7-18/h3-11H,2,12-15H2,1H3. The van der Waals surface area contributed by atoms with Crippen molar-refractivity contribution >= 4 is 34.7 Å². The molecule has 5 nitrogen and oxygen atoms in total. The summed E-state index contributed by atoms with van der Waals surface area (Å²) in [6, 6.07) is 16.2. The second kappa shape index (κ2) is 7.78. The van der Waals surface area contributed by atoms with Crippen LogP contribution in [0.1, 0.15) is 12.5 Å². The highest BCUT2D eigenvalue weighted by atomic mass is 35.5. The fourth-order valence-electron chi connectivity index (χ4n) is 3.79. The van der Waals surface area contributed by atoms with Gasteiger partial charge in [-0.3, -0.25) is 9.59 Å². The molecule has 2 heterocycles. The molecular formula is C22H22ClN3O2. The third-order valence-corrected chi connectivity index (χ3v) is 5.59. The van der Waals surface area contributed by atoms with Crippen molar-refractivity contribution in [2.75, 3.05) is 37.6 Å². The summed E-state index contributed by atoms with van der Waals surface area (Å²) in [5, 5.41) is 0.596. The molecule has 0 aliphatic carbocycles. The maximum absolute atomic E-state index is 13.4. The summed E-state index contributed by atoms with van der Waals surface area (Å²) in [5.41, 5.74) is 2.25. The Balaban J connectivity index is 1.77. The second-order valence-corrected chi connectivity index (χ2v) is 7.37. The van der Waals surface area contributed by atoms with E-state index in [0.29, 0.717) is 27.5 Å². The molecule has 28 heavy (non-hydrogen) atoms. The summed E-state index contributed by atoms with van der Waals surface area (Å²) in [4.78, 5) is 32.4. The topological polar surface area (TPSA) is 43.9 Å². The quantitative estimate of drug-likeness (QED) is 0.745. The minimum Gasteiger partial charge on any atom is -0.364 e. The largest absolute Gasteiger partial charge is 0.364 e. The Hall–Kier alpha value is -2.63. The summed E-state index contributed by atoms with van der Waals surface area (Å²) in [6.07, 6.45) is 0. The summed E-state index contributed by atoms with van der Waals surface area (Å²) in [7, 11) is 0. The first-order valence-electron chi connectivity index (χ1n) is 9.51. The van der Waals surface area contributed by atoms with Crippen molar-refractivity contribution in [2.45, 2.75) is 6.92 Å². The van der Waals surface area contributed by atoms with Crippen molar-refractivity contribution in [3.63, 3.8) is 0 Å². The zero-order valence-electron chi connectivity index (χ0n) is 15.8. The number of carbonyl (C=O) groups is 2. The number of piperazine rings is 1. The number of halogens is 1. The number of rotatable bonds is 4. The molecule has 144 valence electrons. The summed E-state index contributed by atoms with van der Waals surface area (Å²) in [6.45, 7) is 6.32. The van der Waals surface area contributed by atoms with Crippen LogP contribution in [0.25, 0.3) is 5.57 Å². The molecule has 2 aromatic carbocycles. The lowest BCUT2D eigenvalue weighted by Crippen LogP contribution is -2.47. The van der Waals surface area contributed by atoms with E-state index in [0.717, 1.165) is 32.7 Å². The van der Waals surface area contributed by atoms with Crippen molar-refractivity contribution < 1.29 is 9.59 Å². The van der Waals surface area contributed by atoms with Crippen LogP contribution in [0, 0.1) is 0 Å². The van der Waals surface area contributed by atoms with E-state index in [1.807, 2.05) is 18.2 Å². The Morgan fingerprint density at radius 3 is 2.11 bits per heavy atom. The molecule has 0 unspecified atom stereocenters. The van der Waals surface area contributed by atoms with Crippen LogP contribution in [-0.2, 0) is 9.59 Å². The molecule has 0 spiro atoms. The molecule has 0 atom stereocenters. The van der Waals surface area contributed by atoms with Gasteiger partial charge in [0.1, 0.15) is 5.70 Å². The van der Waals surface area contributed by atoms with Gasteiger partial charge in [-0.2, -0.15) is 0 Å². The smallest absolute Gasteiger partial charge is 0.282 e. The van der Waals surface area contributed by atoms with E-state index in [1.165, 1.54) is 4.90 Å². The van der Waals surface area contributed by atoms with Crippen LogP contribution in [0.3, 0.4) is 0 Å². The second-order valence-electron chi connectivity index (χ2n) is 6.93. The van der Waals surface area contributed by atoms with Crippen molar-refractivity contribution in [2.24, 2.45) is 0 Å². The molecule has 2 amide bonds. The minimum atomic E-state index is -0.286. The van der Waals surface area contributed by atoms with E-state index in [9.17, 15) is 9.59 Å². The van der Waals surface area contributed by atoms with Gasteiger partial charge in [0.2, 0.25) is 0 Å². The van der Waals surface area contributed by atoms with Crippen LogP contribution in [0.5, 0.6) is 0 Å². The predicted molar refractivity (Wildman–Crippen MR) is 111 cm³/mol. The number of nitrogens with zero attached hydrogens (tertiary/aromatic N) is 3. The number of carbonyl (C=O) groups excluding carboxylic acids is 2. The predicted octanol–water partition coefficient (Wildman–Crippen LogP) is 3.26. The fraction of sp³-hybridized carbons (Fsp3) is 0.273. The van der Waals surface area contributed by atoms with Gasteiger partial charge in [-0.15, -0.1) is 0 Å².